The molecule has 2 heterocycles. The van der Waals surface area contributed by atoms with E-state index in [4.69, 9.17) is 9.47 Å². The molecule has 0 N–H and O–H groups in total. The van der Waals surface area contributed by atoms with Crippen molar-refractivity contribution in [2.45, 2.75) is 26.5 Å². The van der Waals surface area contributed by atoms with E-state index < -0.39 is 12.2 Å². The van der Waals surface area contributed by atoms with E-state index in [9.17, 15) is 14.4 Å². The molecule has 1 aromatic rings. The third kappa shape index (κ3) is 2.40. The summed E-state index contributed by atoms with van der Waals surface area (Å²) in [5.41, 5.74) is 1.28. The SMILES string of the molecule is COC(=O)C1=C(C(=O)c2ccccc2)C2OC(C)=C(C)N2C(=O)C1. The maximum atomic E-state index is 13.0. The summed E-state index contributed by atoms with van der Waals surface area (Å²) in [4.78, 5) is 39.0. The van der Waals surface area contributed by atoms with Gasteiger partial charge >= 0.3 is 5.97 Å². The molecule has 0 aliphatic carbocycles. The van der Waals surface area contributed by atoms with Gasteiger partial charge in [-0.25, -0.2) is 4.79 Å². The molecule has 0 radical (unpaired) electrons. The molecule has 3 rings (SSSR count). The highest BCUT2D eigenvalue weighted by Crippen LogP contribution is 2.38. The number of rotatable bonds is 3. The van der Waals surface area contributed by atoms with Crippen molar-refractivity contribution in [3.8, 4) is 0 Å². The highest BCUT2D eigenvalue weighted by molar-refractivity contribution is 6.16. The summed E-state index contributed by atoms with van der Waals surface area (Å²) in [7, 11) is 1.22. The summed E-state index contributed by atoms with van der Waals surface area (Å²) in [6, 6.07) is 8.59. The highest BCUT2D eigenvalue weighted by Gasteiger charge is 2.46. The van der Waals surface area contributed by atoms with Crippen molar-refractivity contribution in [3.05, 3.63) is 58.5 Å². The Balaban J connectivity index is 2.14. The number of ketones is 1. The van der Waals surface area contributed by atoms with E-state index in [0.29, 0.717) is 17.0 Å². The second-order valence-corrected chi connectivity index (χ2v) is 5.63. The van der Waals surface area contributed by atoms with E-state index >= 15 is 0 Å². The molecule has 0 fully saturated rings. The summed E-state index contributed by atoms with van der Waals surface area (Å²) >= 11 is 0. The fourth-order valence-corrected chi connectivity index (χ4v) is 2.94. The van der Waals surface area contributed by atoms with Crippen LogP contribution in [0.1, 0.15) is 30.6 Å². The average Bonchev–Trinajstić information content (AvgIpc) is 2.89. The largest absolute Gasteiger partial charge is 0.468 e. The van der Waals surface area contributed by atoms with Gasteiger partial charge in [-0.1, -0.05) is 30.3 Å². The van der Waals surface area contributed by atoms with Crippen molar-refractivity contribution in [2.75, 3.05) is 7.11 Å². The van der Waals surface area contributed by atoms with Crippen molar-refractivity contribution in [3.63, 3.8) is 0 Å². The molecular weight excluding hydrogens is 310 g/mol. The normalized spacial score (nSPS) is 20.0. The molecule has 1 unspecified atom stereocenters. The number of carbonyl (C=O) groups is 3. The van der Waals surface area contributed by atoms with Gasteiger partial charge in [0.25, 0.3) is 0 Å². The zero-order valence-electron chi connectivity index (χ0n) is 13.7. The molecule has 0 aromatic heterocycles. The predicted octanol–water partition coefficient (Wildman–Crippen LogP) is 2.18. The molecule has 0 saturated carbocycles. The molecule has 1 aromatic carbocycles. The number of esters is 1. The van der Waals surface area contributed by atoms with Gasteiger partial charge in [-0.3, -0.25) is 14.5 Å². The lowest BCUT2D eigenvalue weighted by molar-refractivity contribution is -0.141. The summed E-state index contributed by atoms with van der Waals surface area (Å²) < 4.78 is 10.5. The Kier molecular flexibility index (Phi) is 3.97. The number of allylic oxidation sites excluding steroid dienone is 2. The van der Waals surface area contributed by atoms with Gasteiger partial charge in [-0.15, -0.1) is 0 Å². The summed E-state index contributed by atoms with van der Waals surface area (Å²) in [6.45, 7) is 3.48. The van der Waals surface area contributed by atoms with Crippen LogP contribution in [-0.4, -0.2) is 35.9 Å². The lowest BCUT2D eigenvalue weighted by Gasteiger charge is -2.31. The second kappa shape index (κ2) is 5.96. The maximum Gasteiger partial charge on any atom is 0.334 e. The van der Waals surface area contributed by atoms with E-state index in [1.807, 2.05) is 0 Å². The lowest BCUT2D eigenvalue weighted by atomic mass is 9.91. The maximum absolute atomic E-state index is 13.0. The molecule has 0 spiro atoms. The molecular formula is C18H17NO5. The van der Waals surface area contributed by atoms with Gasteiger partial charge in [0.15, 0.2) is 5.78 Å². The molecule has 0 bridgehead atoms. The van der Waals surface area contributed by atoms with Gasteiger partial charge < -0.3 is 9.47 Å². The van der Waals surface area contributed by atoms with Gasteiger partial charge in [0.05, 0.1) is 30.4 Å². The van der Waals surface area contributed by atoms with Gasteiger partial charge in [0, 0.05) is 5.56 Å². The van der Waals surface area contributed by atoms with E-state index in [2.05, 4.69) is 0 Å². The lowest BCUT2D eigenvalue weighted by Crippen LogP contribution is -2.44. The molecule has 1 atom stereocenters. The predicted molar refractivity (Wildman–Crippen MR) is 84.5 cm³/mol. The number of fused-ring (bicyclic) bond motifs is 1. The summed E-state index contributed by atoms with van der Waals surface area (Å²) in [5.74, 6) is -0.772. The van der Waals surface area contributed by atoms with Crippen molar-refractivity contribution in [1.82, 2.24) is 4.90 Å². The van der Waals surface area contributed by atoms with Gasteiger partial charge in [0.2, 0.25) is 12.1 Å². The van der Waals surface area contributed by atoms with Crippen LogP contribution in [-0.2, 0) is 19.1 Å². The van der Waals surface area contributed by atoms with Crippen LogP contribution in [0.2, 0.25) is 0 Å². The van der Waals surface area contributed by atoms with E-state index in [0.717, 1.165) is 0 Å². The third-order valence-electron chi connectivity index (χ3n) is 4.27. The number of amides is 1. The number of Topliss-reactive ketones (excluding diaryl/α,β-unsaturated/α-hetero) is 1. The monoisotopic (exact) mass is 327 g/mol. The van der Waals surface area contributed by atoms with Gasteiger partial charge in [0.1, 0.15) is 5.76 Å². The zero-order chi connectivity index (χ0) is 17.4. The standard InChI is InChI=1S/C18H17NO5/c1-10-11(2)24-17-15(16(21)12-7-5-4-6-8-12)13(18(22)23-3)9-14(20)19(10)17/h4-8,17H,9H2,1-3H3. The Bertz CT molecular complexity index is 791. The van der Waals surface area contributed by atoms with Gasteiger partial charge in [-0.2, -0.15) is 0 Å². The molecule has 0 saturated heterocycles. The number of ether oxygens (including phenoxy) is 2. The number of methoxy groups -OCH3 is 1. The molecule has 2 aliphatic rings. The Morgan fingerprint density at radius 2 is 1.88 bits per heavy atom. The zero-order valence-corrected chi connectivity index (χ0v) is 13.7. The van der Waals surface area contributed by atoms with Gasteiger partial charge in [-0.05, 0) is 13.8 Å². The average molecular weight is 327 g/mol. The number of hydrogen-bond donors (Lipinski definition) is 0. The van der Waals surface area contributed by atoms with Crippen molar-refractivity contribution >= 4 is 17.7 Å². The van der Waals surface area contributed by atoms with Crippen LogP contribution in [0, 0.1) is 0 Å². The number of nitrogens with zero attached hydrogens (tertiary/aromatic N) is 1. The molecule has 2 aliphatic heterocycles. The first-order valence-electron chi connectivity index (χ1n) is 7.53. The van der Waals surface area contributed by atoms with Crippen LogP contribution >= 0.6 is 0 Å². The van der Waals surface area contributed by atoms with Crippen molar-refractivity contribution in [2.24, 2.45) is 0 Å². The molecule has 6 nitrogen and oxygen atoms in total. The summed E-state index contributed by atoms with van der Waals surface area (Å²) in [6.07, 6.45) is -1.11. The summed E-state index contributed by atoms with van der Waals surface area (Å²) in [5, 5.41) is 0. The fourth-order valence-electron chi connectivity index (χ4n) is 2.94. The number of carbonyl (C=O) groups excluding carboxylic acids is 3. The fraction of sp³-hybridized carbons (Fsp3) is 0.278. The smallest absolute Gasteiger partial charge is 0.334 e. The second-order valence-electron chi connectivity index (χ2n) is 5.63. The molecule has 1 amide bonds. The Morgan fingerprint density at radius 1 is 1.21 bits per heavy atom. The molecule has 6 heteroatoms. The minimum atomic E-state index is -0.923. The van der Waals surface area contributed by atoms with Crippen LogP contribution in [0.5, 0.6) is 0 Å². The molecule has 24 heavy (non-hydrogen) atoms. The minimum Gasteiger partial charge on any atom is -0.468 e. The van der Waals surface area contributed by atoms with Crippen LogP contribution in [0.15, 0.2) is 52.9 Å². The third-order valence-corrected chi connectivity index (χ3v) is 4.27. The Morgan fingerprint density at radius 3 is 2.50 bits per heavy atom. The van der Waals surface area contributed by atoms with Crippen molar-refractivity contribution in [1.29, 1.82) is 0 Å². The first kappa shape index (κ1) is 16.0. The number of hydrogen-bond acceptors (Lipinski definition) is 5. The number of benzene rings is 1. The van der Waals surface area contributed by atoms with Crippen molar-refractivity contribution < 1.29 is 23.9 Å². The minimum absolute atomic E-state index is 0.0557. The van der Waals surface area contributed by atoms with Crippen LogP contribution in [0.3, 0.4) is 0 Å². The Hall–Kier alpha value is -2.89. The van der Waals surface area contributed by atoms with Crippen LogP contribution in [0.4, 0.5) is 0 Å². The molecule has 124 valence electrons. The topological polar surface area (TPSA) is 72.9 Å². The van der Waals surface area contributed by atoms with E-state index in [1.54, 1.807) is 44.2 Å². The quantitative estimate of drug-likeness (QED) is 0.628. The first-order chi connectivity index (χ1) is 11.5. The highest BCUT2D eigenvalue weighted by atomic mass is 16.5. The first-order valence-corrected chi connectivity index (χ1v) is 7.53. The van der Waals surface area contributed by atoms with E-state index in [-0.39, 0.29) is 29.3 Å². The van der Waals surface area contributed by atoms with Crippen LogP contribution in [0.25, 0.3) is 0 Å². The van der Waals surface area contributed by atoms with E-state index in [1.165, 1.54) is 12.0 Å². The Labute approximate surface area is 139 Å². The van der Waals surface area contributed by atoms with Crippen LogP contribution < -0.4 is 0 Å².